The van der Waals surface area contributed by atoms with Crippen molar-refractivity contribution in [1.29, 1.82) is 0 Å². The number of benzene rings is 1. The number of allylic oxidation sites excluding steroid dienone is 1. The third-order valence-corrected chi connectivity index (χ3v) is 1.95. The van der Waals surface area contributed by atoms with Crippen molar-refractivity contribution in [2.75, 3.05) is 6.61 Å². The lowest BCUT2D eigenvalue weighted by Crippen LogP contribution is -1.94. The van der Waals surface area contributed by atoms with Gasteiger partial charge in [0.05, 0.1) is 0 Å². The van der Waals surface area contributed by atoms with Crippen LogP contribution < -0.4 is 4.74 Å². The lowest BCUT2D eigenvalue weighted by atomic mass is 10.1. The third kappa shape index (κ3) is 3.50. The van der Waals surface area contributed by atoms with Crippen LogP contribution in [0.2, 0.25) is 0 Å². The monoisotopic (exact) mass is 216 g/mol. The summed E-state index contributed by atoms with van der Waals surface area (Å²) >= 11 is 0. The molecule has 0 aliphatic rings. The van der Waals surface area contributed by atoms with E-state index in [0.29, 0.717) is 11.3 Å². The van der Waals surface area contributed by atoms with E-state index in [4.69, 9.17) is 16.3 Å². The van der Waals surface area contributed by atoms with E-state index in [0.717, 1.165) is 11.6 Å². The highest BCUT2D eigenvalue weighted by atomic mass is 16.5. The van der Waals surface area contributed by atoms with E-state index in [-0.39, 0.29) is 6.61 Å². The van der Waals surface area contributed by atoms with Crippen LogP contribution in [0.3, 0.4) is 0 Å². The van der Waals surface area contributed by atoms with Crippen LogP contribution in [0.15, 0.2) is 30.3 Å². The lowest BCUT2D eigenvalue weighted by Gasteiger charge is -2.05. The number of ether oxygens (including phenoxy) is 1. The topological polar surface area (TPSA) is 46.5 Å². The van der Waals surface area contributed by atoms with Gasteiger partial charge in [-0.1, -0.05) is 18.1 Å². The molecule has 0 atom stereocenters. The van der Waals surface area contributed by atoms with Crippen molar-refractivity contribution in [2.45, 2.75) is 6.92 Å². The van der Waals surface area contributed by atoms with Gasteiger partial charge in [-0.3, -0.25) is 0 Å². The van der Waals surface area contributed by atoms with Gasteiger partial charge < -0.3 is 9.84 Å². The van der Waals surface area contributed by atoms with Crippen molar-refractivity contribution >= 4 is 11.5 Å². The number of hydrogen-bond acceptors (Lipinski definition) is 2. The fraction of sp³-hybridized carbons (Fsp3) is 0.154. The minimum absolute atomic E-state index is 0.200. The first kappa shape index (κ1) is 11.9. The molecule has 1 aromatic rings. The van der Waals surface area contributed by atoms with Crippen LogP contribution in [0.25, 0.3) is 5.57 Å². The lowest BCUT2D eigenvalue weighted by molar-refractivity contribution is -0.131. The SMILES string of the molecule is C#CCOc1cccc(/C(C)=C/C(=O)O)c1. The van der Waals surface area contributed by atoms with Gasteiger partial charge in [0.25, 0.3) is 0 Å². The zero-order valence-corrected chi connectivity index (χ0v) is 8.93. The van der Waals surface area contributed by atoms with E-state index >= 15 is 0 Å². The van der Waals surface area contributed by atoms with E-state index < -0.39 is 5.97 Å². The largest absolute Gasteiger partial charge is 0.481 e. The second kappa shape index (κ2) is 5.62. The number of rotatable bonds is 4. The highest BCUT2D eigenvalue weighted by Gasteiger charge is 2.00. The van der Waals surface area contributed by atoms with Crippen molar-refractivity contribution in [3.05, 3.63) is 35.9 Å². The van der Waals surface area contributed by atoms with Crippen LogP contribution in [0, 0.1) is 12.3 Å². The summed E-state index contributed by atoms with van der Waals surface area (Å²) in [5.41, 5.74) is 1.47. The molecule has 82 valence electrons. The molecule has 3 nitrogen and oxygen atoms in total. The second-order valence-corrected chi connectivity index (χ2v) is 3.19. The summed E-state index contributed by atoms with van der Waals surface area (Å²) in [5, 5.41) is 8.62. The first-order valence-electron chi connectivity index (χ1n) is 4.71. The van der Waals surface area contributed by atoms with E-state index in [9.17, 15) is 4.79 Å². The number of terminal acetylenes is 1. The normalized spacial score (nSPS) is 10.6. The van der Waals surface area contributed by atoms with Gasteiger partial charge in [-0.25, -0.2) is 4.79 Å². The zero-order chi connectivity index (χ0) is 12.0. The van der Waals surface area contributed by atoms with Gasteiger partial charge in [-0.2, -0.15) is 0 Å². The summed E-state index contributed by atoms with van der Waals surface area (Å²) in [4.78, 5) is 10.5. The molecule has 0 saturated heterocycles. The molecule has 0 amide bonds. The number of carbonyl (C=O) groups is 1. The number of carboxylic acids is 1. The maximum Gasteiger partial charge on any atom is 0.328 e. The molecule has 1 rings (SSSR count). The Kier molecular flexibility index (Phi) is 4.16. The molecule has 0 bridgehead atoms. The van der Waals surface area contributed by atoms with Crippen LogP contribution in [0.4, 0.5) is 0 Å². The molecule has 0 spiro atoms. The highest BCUT2D eigenvalue weighted by molar-refractivity contribution is 5.89. The molecule has 0 aromatic heterocycles. The molecule has 0 unspecified atom stereocenters. The van der Waals surface area contributed by atoms with Crippen LogP contribution in [-0.2, 0) is 4.79 Å². The van der Waals surface area contributed by atoms with Crippen LogP contribution in [0.5, 0.6) is 5.75 Å². The van der Waals surface area contributed by atoms with Crippen LogP contribution in [-0.4, -0.2) is 17.7 Å². The van der Waals surface area contributed by atoms with Crippen molar-refractivity contribution in [3.8, 4) is 18.1 Å². The molecule has 0 saturated carbocycles. The average Bonchev–Trinajstić information content (AvgIpc) is 2.26. The molecule has 0 aliphatic carbocycles. The summed E-state index contributed by atoms with van der Waals surface area (Å²) in [7, 11) is 0. The predicted molar refractivity (Wildman–Crippen MR) is 62.1 cm³/mol. The molecule has 3 heteroatoms. The second-order valence-electron chi connectivity index (χ2n) is 3.19. The van der Waals surface area contributed by atoms with Gasteiger partial charge in [0.15, 0.2) is 0 Å². The summed E-state index contributed by atoms with van der Waals surface area (Å²) in [5.74, 6) is 2.03. The Morgan fingerprint density at radius 3 is 3.00 bits per heavy atom. The Hall–Kier alpha value is -2.21. The van der Waals surface area contributed by atoms with E-state index in [1.807, 2.05) is 6.07 Å². The molecule has 0 aliphatic heterocycles. The Bertz CT molecular complexity index is 452. The number of carboxylic acid groups (broad SMARTS) is 1. The minimum Gasteiger partial charge on any atom is -0.481 e. The van der Waals surface area contributed by atoms with Gasteiger partial charge in [0.2, 0.25) is 0 Å². The average molecular weight is 216 g/mol. The molecule has 0 fully saturated rings. The van der Waals surface area contributed by atoms with Gasteiger partial charge in [0, 0.05) is 6.08 Å². The fourth-order valence-corrected chi connectivity index (χ4v) is 1.22. The Labute approximate surface area is 94.4 Å². The minimum atomic E-state index is -0.965. The third-order valence-electron chi connectivity index (χ3n) is 1.95. The van der Waals surface area contributed by atoms with Gasteiger partial charge in [-0.05, 0) is 30.2 Å². The van der Waals surface area contributed by atoms with Gasteiger partial charge >= 0.3 is 5.97 Å². The fourth-order valence-electron chi connectivity index (χ4n) is 1.22. The number of hydrogen-bond donors (Lipinski definition) is 1. The maximum absolute atomic E-state index is 10.5. The predicted octanol–water partition coefficient (Wildman–Crippen LogP) is 2.19. The highest BCUT2D eigenvalue weighted by Crippen LogP contribution is 2.19. The molecular weight excluding hydrogens is 204 g/mol. The van der Waals surface area contributed by atoms with E-state index in [1.54, 1.807) is 25.1 Å². The van der Waals surface area contributed by atoms with Crippen LogP contribution in [0.1, 0.15) is 12.5 Å². The van der Waals surface area contributed by atoms with E-state index in [2.05, 4.69) is 5.92 Å². The summed E-state index contributed by atoms with van der Waals surface area (Å²) < 4.78 is 5.24. The van der Waals surface area contributed by atoms with Crippen molar-refractivity contribution in [3.63, 3.8) is 0 Å². The number of aliphatic carboxylic acids is 1. The molecule has 0 radical (unpaired) electrons. The van der Waals surface area contributed by atoms with Gasteiger partial charge in [-0.15, -0.1) is 6.42 Å². The van der Waals surface area contributed by atoms with Crippen LogP contribution >= 0.6 is 0 Å². The molecule has 1 aromatic carbocycles. The summed E-state index contributed by atoms with van der Waals surface area (Å²) in [6.45, 7) is 1.93. The molecule has 0 heterocycles. The first-order chi connectivity index (χ1) is 7.63. The Morgan fingerprint density at radius 2 is 2.38 bits per heavy atom. The van der Waals surface area contributed by atoms with Crippen molar-refractivity contribution < 1.29 is 14.6 Å². The molecular formula is C13H12O3. The smallest absolute Gasteiger partial charge is 0.328 e. The Balaban J connectivity index is 2.90. The Morgan fingerprint density at radius 1 is 1.62 bits per heavy atom. The summed E-state index contributed by atoms with van der Waals surface area (Å²) in [6, 6.07) is 7.14. The summed E-state index contributed by atoms with van der Waals surface area (Å²) in [6.07, 6.45) is 6.23. The molecule has 16 heavy (non-hydrogen) atoms. The molecule has 1 N–H and O–H groups in total. The standard InChI is InChI=1S/C13H12O3/c1-3-7-16-12-6-4-5-11(9-12)10(2)8-13(14)15/h1,4-6,8-9H,7H2,2H3,(H,14,15)/b10-8+. The van der Waals surface area contributed by atoms with Crippen molar-refractivity contribution in [1.82, 2.24) is 0 Å². The van der Waals surface area contributed by atoms with E-state index in [1.165, 1.54) is 0 Å². The van der Waals surface area contributed by atoms with Crippen molar-refractivity contribution in [2.24, 2.45) is 0 Å². The quantitative estimate of drug-likeness (QED) is 0.620. The van der Waals surface area contributed by atoms with Gasteiger partial charge in [0.1, 0.15) is 12.4 Å². The first-order valence-corrected chi connectivity index (χ1v) is 4.71. The maximum atomic E-state index is 10.5. The zero-order valence-electron chi connectivity index (χ0n) is 8.93.